The minimum atomic E-state index is -0.327. The Kier molecular flexibility index (Phi) is 5.03. The molecule has 2 aliphatic rings. The first kappa shape index (κ1) is 21.8. The van der Waals surface area contributed by atoms with E-state index in [4.69, 9.17) is 10.9 Å². The molecule has 1 aliphatic heterocycles. The largest absolute Gasteiger partial charge is 0.351 e. The zero-order valence-electron chi connectivity index (χ0n) is 20.2. The number of aromatic nitrogens is 5. The molecular formula is C28H26N8O. The lowest BCUT2D eigenvalue weighted by Gasteiger charge is -2.20. The highest BCUT2D eigenvalue weighted by molar-refractivity contribution is 5.91. The summed E-state index contributed by atoms with van der Waals surface area (Å²) >= 11 is 0. The second kappa shape index (κ2) is 8.56. The highest BCUT2D eigenvalue weighted by Crippen LogP contribution is 2.41. The first-order chi connectivity index (χ1) is 18.2. The number of hydrogen-bond acceptors (Lipinski definition) is 7. The van der Waals surface area contributed by atoms with Crippen LogP contribution in [-0.2, 0) is 6.54 Å². The third-order valence-corrected chi connectivity index (χ3v) is 7.42. The molecule has 184 valence electrons. The Bertz CT molecular complexity index is 1640. The van der Waals surface area contributed by atoms with Crippen LogP contribution in [0.25, 0.3) is 22.3 Å². The minimum absolute atomic E-state index is 0.238. The maximum atomic E-state index is 13.4. The van der Waals surface area contributed by atoms with Crippen LogP contribution in [0.15, 0.2) is 83.8 Å². The van der Waals surface area contributed by atoms with E-state index in [0.717, 1.165) is 41.8 Å². The van der Waals surface area contributed by atoms with Gasteiger partial charge in [-0.05, 0) is 49.1 Å². The highest BCUT2D eigenvalue weighted by Gasteiger charge is 2.39. The molecule has 5 aromatic rings. The molecule has 3 aromatic heterocycles. The lowest BCUT2D eigenvalue weighted by Crippen LogP contribution is -2.29. The third kappa shape index (κ3) is 3.58. The predicted molar refractivity (Wildman–Crippen MR) is 144 cm³/mol. The summed E-state index contributed by atoms with van der Waals surface area (Å²) in [6.07, 6.45) is 5.02. The molecule has 1 saturated carbocycles. The van der Waals surface area contributed by atoms with Gasteiger partial charge in [0.2, 0.25) is 5.95 Å². The maximum Gasteiger partial charge on any atom is 0.287 e. The summed E-state index contributed by atoms with van der Waals surface area (Å²) in [6, 6.07) is 24.2. The number of hydrogen-bond donors (Lipinski definition) is 2. The second-order valence-corrected chi connectivity index (χ2v) is 9.66. The molecule has 7 rings (SSSR count). The normalized spacial score (nSPS) is 18.0. The van der Waals surface area contributed by atoms with Crippen molar-refractivity contribution in [3.63, 3.8) is 0 Å². The number of nitrogens with two attached hydrogens (primary N) is 1. The fourth-order valence-electron chi connectivity index (χ4n) is 5.66. The summed E-state index contributed by atoms with van der Waals surface area (Å²) in [5.41, 5.74) is 4.06. The molecule has 1 fully saturated rings. The van der Waals surface area contributed by atoms with Crippen molar-refractivity contribution in [3.05, 3.63) is 94.9 Å². The Morgan fingerprint density at radius 2 is 1.81 bits per heavy atom. The Labute approximate surface area is 213 Å². The lowest BCUT2D eigenvalue weighted by molar-refractivity contribution is 0.538. The van der Waals surface area contributed by atoms with Crippen molar-refractivity contribution < 1.29 is 0 Å². The molecule has 0 amide bonds. The van der Waals surface area contributed by atoms with Crippen LogP contribution in [0.2, 0.25) is 0 Å². The zero-order chi connectivity index (χ0) is 24.9. The van der Waals surface area contributed by atoms with E-state index in [1.807, 2.05) is 53.2 Å². The molecule has 1 aliphatic carbocycles. The van der Waals surface area contributed by atoms with Crippen LogP contribution in [0, 0.1) is 0 Å². The van der Waals surface area contributed by atoms with E-state index >= 15 is 0 Å². The van der Waals surface area contributed by atoms with Crippen LogP contribution in [0.3, 0.4) is 0 Å². The van der Waals surface area contributed by atoms with Gasteiger partial charge in [-0.2, -0.15) is 10.1 Å². The van der Waals surface area contributed by atoms with Crippen molar-refractivity contribution in [1.82, 2.24) is 24.3 Å². The number of nitrogens with one attached hydrogen (secondary N) is 1. The third-order valence-electron chi connectivity index (χ3n) is 7.42. The van der Waals surface area contributed by atoms with Gasteiger partial charge in [-0.3, -0.25) is 19.4 Å². The Morgan fingerprint density at radius 1 is 1.00 bits per heavy atom. The molecular weight excluding hydrogens is 464 g/mol. The molecule has 0 unspecified atom stereocenters. The summed E-state index contributed by atoms with van der Waals surface area (Å²) in [6.45, 7) is 0.448. The van der Waals surface area contributed by atoms with Gasteiger partial charge in [-0.1, -0.05) is 48.5 Å². The fraction of sp³-hybridized carbons (Fsp3) is 0.214. The molecule has 0 spiro atoms. The molecule has 9 nitrogen and oxygen atoms in total. The van der Waals surface area contributed by atoms with Crippen molar-refractivity contribution in [2.45, 2.75) is 37.9 Å². The van der Waals surface area contributed by atoms with E-state index in [1.54, 1.807) is 11.2 Å². The highest BCUT2D eigenvalue weighted by atomic mass is 16.1. The van der Waals surface area contributed by atoms with Gasteiger partial charge in [0, 0.05) is 17.8 Å². The van der Waals surface area contributed by atoms with E-state index < -0.39 is 0 Å². The monoisotopic (exact) mass is 490 g/mol. The SMILES string of the molecule is NN(c1ccccc1)c1c2c(=O)nc3n(c2nn1Cc1ccc(-c2ccccn2)cc1)[C@H]1CCC[C@H]1N3. The molecule has 2 aromatic carbocycles. The molecule has 2 atom stereocenters. The first-order valence-corrected chi connectivity index (χ1v) is 12.6. The van der Waals surface area contributed by atoms with Crippen LogP contribution >= 0.6 is 0 Å². The van der Waals surface area contributed by atoms with Crippen LogP contribution in [0.5, 0.6) is 0 Å². The number of hydrazine groups is 1. The van der Waals surface area contributed by atoms with E-state index in [-0.39, 0.29) is 17.6 Å². The summed E-state index contributed by atoms with van der Waals surface area (Å²) in [5, 5.41) is 10.4. The number of anilines is 3. The van der Waals surface area contributed by atoms with Gasteiger partial charge in [0.15, 0.2) is 11.5 Å². The van der Waals surface area contributed by atoms with Crippen molar-refractivity contribution in [1.29, 1.82) is 0 Å². The standard InChI is InChI=1S/C28H26N8O/c29-36(20-7-2-1-3-8-20)27-24-25(35-23-11-6-10-22(23)31-28(35)32-26(24)37)33-34(27)17-18-12-14-19(15-13-18)21-9-4-5-16-30-21/h1-5,7-9,12-16,22-23H,6,10-11,17,29H2,(H,31,32,37)/t22-,23+/m1/s1. The predicted octanol–water partition coefficient (Wildman–Crippen LogP) is 4.23. The maximum absolute atomic E-state index is 13.4. The van der Waals surface area contributed by atoms with Crippen LogP contribution < -0.4 is 21.7 Å². The minimum Gasteiger partial charge on any atom is -0.351 e. The van der Waals surface area contributed by atoms with E-state index in [0.29, 0.717) is 29.3 Å². The number of rotatable bonds is 5. The van der Waals surface area contributed by atoms with Crippen molar-refractivity contribution in [2.75, 3.05) is 10.3 Å². The first-order valence-electron chi connectivity index (χ1n) is 12.6. The van der Waals surface area contributed by atoms with Crippen LogP contribution in [0.4, 0.5) is 17.5 Å². The van der Waals surface area contributed by atoms with Gasteiger partial charge < -0.3 is 5.32 Å². The van der Waals surface area contributed by atoms with E-state index in [2.05, 4.69) is 44.1 Å². The smallest absolute Gasteiger partial charge is 0.287 e. The van der Waals surface area contributed by atoms with Crippen molar-refractivity contribution in [2.24, 2.45) is 5.84 Å². The van der Waals surface area contributed by atoms with Crippen molar-refractivity contribution >= 4 is 28.5 Å². The van der Waals surface area contributed by atoms with Gasteiger partial charge in [-0.15, -0.1) is 0 Å². The average Bonchev–Trinajstić information content (AvgIpc) is 3.63. The average molecular weight is 491 g/mol. The van der Waals surface area contributed by atoms with Gasteiger partial charge in [-0.25, -0.2) is 10.5 Å². The van der Waals surface area contributed by atoms with E-state index in [1.165, 1.54) is 0 Å². The summed E-state index contributed by atoms with van der Waals surface area (Å²) in [5.74, 6) is 7.81. The van der Waals surface area contributed by atoms with Crippen LogP contribution in [-0.4, -0.2) is 30.4 Å². The topological polar surface area (TPSA) is 107 Å². The molecule has 0 saturated heterocycles. The molecule has 4 heterocycles. The molecule has 0 bridgehead atoms. The Balaban J connectivity index is 1.36. The lowest BCUT2D eigenvalue weighted by atomic mass is 10.1. The van der Waals surface area contributed by atoms with Gasteiger partial charge >= 0.3 is 0 Å². The molecule has 0 radical (unpaired) electrons. The van der Waals surface area contributed by atoms with Crippen molar-refractivity contribution in [3.8, 4) is 11.3 Å². The molecule has 9 heteroatoms. The molecule has 3 N–H and O–H groups in total. The Hall–Kier alpha value is -4.50. The van der Waals surface area contributed by atoms with Crippen LogP contribution in [0.1, 0.15) is 30.9 Å². The summed E-state index contributed by atoms with van der Waals surface area (Å²) < 4.78 is 3.93. The van der Waals surface area contributed by atoms with Gasteiger partial charge in [0.05, 0.1) is 24.0 Å². The number of fused-ring (bicyclic) bond motifs is 5. The fourth-order valence-corrected chi connectivity index (χ4v) is 5.66. The summed E-state index contributed by atoms with van der Waals surface area (Å²) in [4.78, 5) is 22.2. The second-order valence-electron chi connectivity index (χ2n) is 9.66. The number of para-hydroxylation sites is 1. The molecule has 37 heavy (non-hydrogen) atoms. The zero-order valence-corrected chi connectivity index (χ0v) is 20.2. The number of benzene rings is 2. The quantitative estimate of drug-likeness (QED) is 0.280. The van der Waals surface area contributed by atoms with E-state index in [9.17, 15) is 4.79 Å². The Morgan fingerprint density at radius 3 is 2.59 bits per heavy atom. The number of pyridine rings is 1. The summed E-state index contributed by atoms with van der Waals surface area (Å²) in [7, 11) is 0. The number of nitrogens with zero attached hydrogens (tertiary/aromatic N) is 6. The van der Waals surface area contributed by atoms with Gasteiger partial charge in [0.25, 0.3) is 5.56 Å². The van der Waals surface area contributed by atoms with Gasteiger partial charge in [0.1, 0.15) is 5.39 Å².